The van der Waals surface area contributed by atoms with Crippen molar-refractivity contribution in [2.75, 3.05) is 0 Å². The zero-order valence-electron chi connectivity index (χ0n) is 11.5. The third kappa shape index (κ3) is 4.79. The third-order valence-electron chi connectivity index (χ3n) is 2.48. The maximum Gasteiger partial charge on any atom is 0.332 e. The van der Waals surface area contributed by atoms with Gasteiger partial charge in [-0.2, -0.15) is 8.42 Å². The summed E-state index contributed by atoms with van der Waals surface area (Å²) >= 11 is 0. The molecule has 0 spiro atoms. The molecule has 1 unspecified atom stereocenters. The van der Waals surface area contributed by atoms with Gasteiger partial charge in [0.25, 0.3) is 10.1 Å². The van der Waals surface area contributed by atoms with Crippen LogP contribution in [0, 0.1) is 6.92 Å². The monoisotopic (exact) mass is 298 g/mol. The lowest BCUT2D eigenvalue weighted by Crippen LogP contribution is -2.24. The van der Waals surface area contributed by atoms with Gasteiger partial charge < -0.3 is 4.74 Å². The topological polar surface area (TPSA) is 69.7 Å². The maximum atomic E-state index is 12.1. The lowest BCUT2D eigenvalue weighted by atomic mass is 10.2. The van der Waals surface area contributed by atoms with Crippen molar-refractivity contribution in [3.05, 3.63) is 42.5 Å². The van der Waals surface area contributed by atoms with Crippen molar-refractivity contribution in [3.63, 3.8) is 0 Å². The first-order chi connectivity index (χ1) is 9.39. The molecule has 0 saturated carbocycles. The second-order valence-electron chi connectivity index (χ2n) is 4.22. The van der Waals surface area contributed by atoms with Crippen molar-refractivity contribution in [3.8, 4) is 0 Å². The van der Waals surface area contributed by atoms with Gasteiger partial charge in [0.1, 0.15) is 0 Å². The van der Waals surface area contributed by atoms with Gasteiger partial charge in [-0.3, -0.25) is 0 Å². The Labute approximate surface area is 119 Å². The second-order valence-corrected chi connectivity index (χ2v) is 5.79. The van der Waals surface area contributed by atoms with Crippen LogP contribution in [0.25, 0.3) is 0 Å². The quantitative estimate of drug-likeness (QED) is 0.335. The molecular formula is C14H18O5S. The number of esters is 1. The minimum Gasteiger partial charge on any atom is -0.431 e. The Morgan fingerprint density at radius 3 is 2.45 bits per heavy atom. The van der Waals surface area contributed by atoms with Gasteiger partial charge in [0.15, 0.2) is 0 Å². The van der Waals surface area contributed by atoms with E-state index in [1.807, 2.05) is 13.8 Å². The molecule has 0 saturated heterocycles. The predicted octanol–water partition coefficient (Wildman–Crippen LogP) is 2.56. The van der Waals surface area contributed by atoms with E-state index < -0.39 is 22.4 Å². The molecule has 110 valence electrons. The van der Waals surface area contributed by atoms with Crippen LogP contribution in [-0.4, -0.2) is 20.7 Å². The molecule has 0 aliphatic carbocycles. The molecule has 20 heavy (non-hydrogen) atoms. The van der Waals surface area contributed by atoms with Crippen LogP contribution in [0.4, 0.5) is 0 Å². The fraction of sp³-hybridized carbons (Fsp3) is 0.357. The third-order valence-corrected chi connectivity index (χ3v) is 3.80. The molecule has 0 aromatic heterocycles. The van der Waals surface area contributed by atoms with Crippen molar-refractivity contribution in [2.45, 2.75) is 37.9 Å². The molecule has 1 rings (SSSR count). The average Bonchev–Trinajstić information content (AvgIpc) is 2.38. The van der Waals surface area contributed by atoms with Crippen LogP contribution in [-0.2, 0) is 23.8 Å². The zero-order chi connectivity index (χ0) is 15.2. The van der Waals surface area contributed by atoms with Gasteiger partial charge in [-0.1, -0.05) is 37.6 Å². The van der Waals surface area contributed by atoms with Gasteiger partial charge >= 0.3 is 5.97 Å². The van der Waals surface area contributed by atoms with Crippen LogP contribution in [0.3, 0.4) is 0 Å². The summed E-state index contributed by atoms with van der Waals surface area (Å²) in [7, 11) is -3.96. The first-order valence-corrected chi connectivity index (χ1v) is 7.63. The number of hydrogen-bond acceptors (Lipinski definition) is 5. The highest BCUT2D eigenvalue weighted by Crippen LogP contribution is 2.17. The summed E-state index contributed by atoms with van der Waals surface area (Å²) in [4.78, 5) is 11.2. The van der Waals surface area contributed by atoms with Crippen LogP contribution in [0.2, 0.25) is 0 Å². The SMILES string of the molecule is C=CC(=O)OC(CCC)OS(=O)(=O)c1ccc(C)cc1. The Hall–Kier alpha value is -1.66. The molecule has 0 amide bonds. The summed E-state index contributed by atoms with van der Waals surface area (Å²) < 4.78 is 33.9. The molecule has 0 aliphatic rings. The standard InChI is InChI=1S/C14H18O5S/c1-4-6-14(18-13(15)5-2)19-20(16,17)12-9-7-11(3)8-10-12/h5,7-10,14H,2,4,6H2,1,3H3. The lowest BCUT2D eigenvalue weighted by molar-refractivity contribution is -0.157. The van der Waals surface area contributed by atoms with E-state index in [-0.39, 0.29) is 11.3 Å². The Bertz CT molecular complexity index is 560. The molecule has 5 nitrogen and oxygen atoms in total. The second kappa shape index (κ2) is 7.21. The number of rotatable bonds is 7. The predicted molar refractivity (Wildman–Crippen MR) is 74.4 cm³/mol. The molecule has 0 heterocycles. The Kier molecular flexibility index (Phi) is 5.91. The molecule has 1 aromatic carbocycles. The van der Waals surface area contributed by atoms with Crippen LogP contribution in [0.15, 0.2) is 41.8 Å². The average molecular weight is 298 g/mol. The number of carbonyl (C=O) groups is 1. The van der Waals surface area contributed by atoms with E-state index in [4.69, 9.17) is 8.92 Å². The molecular weight excluding hydrogens is 280 g/mol. The van der Waals surface area contributed by atoms with Gasteiger partial charge in [0, 0.05) is 12.5 Å². The lowest BCUT2D eigenvalue weighted by Gasteiger charge is -2.16. The maximum absolute atomic E-state index is 12.1. The number of benzene rings is 1. The number of hydrogen-bond donors (Lipinski definition) is 0. The van der Waals surface area contributed by atoms with Crippen molar-refractivity contribution in [2.24, 2.45) is 0 Å². The molecule has 0 fully saturated rings. The van der Waals surface area contributed by atoms with E-state index >= 15 is 0 Å². The highest BCUT2D eigenvalue weighted by Gasteiger charge is 2.23. The normalized spacial score (nSPS) is 12.7. The van der Waals surface area contributed by atoms with Gasteiger partial charge in [0.05, 0.1) is 4.90 Å². The molecule has 1 atom stereocenters. The van der Waals surface area contributed by atoms with Crippen molar-refractivity contribution >= 4 is 16.1 Å². The number of aryl methyl sites for hydroxylation is 1. The minimum absolute atomic E-state index is 0.0267. The first kappa shape index (κ1) is 16.4. The van der Waals surface area contributed by atoms with Crippen LogP contribution >= 0.6 is 0 Å². The zero-order valence-corrected chi connectivity index (χ0v) is 12.4. The Balaban J connectivity index is 2.87. The molecule has 6 heteroatoms. The minimum atomic E-state index is -3.96. The molecule has 1 aromatic rings. The Morgan fingerprint density at radius 1 is 1.35 bits per heavy atom. The van der Waals surface area contributed by atoms with E-state index in [0.29, 0.717) is 6.42 Å². The van der Waals surface area contributed by atoms with Crippen molar-refractivity contribution < 1.29 is 22.1 Å². The molecule has 0 N–H and O–H groups in total. The largest absolute Gasteiger partial charge is 0.431 e. The van der Waals surface area contributed by atoms with Gasteiger partial charge in [0.2, 0.25) is 6.29 Å². The van der Waals surface area contributed by atoms with E-state index in [2.05, 4.69) is 6.58 Å². The smallest absolute Gasteiger partial charge is 0.332 e. The van der Waals surface area contributed by atoms with Crippen molar-refractivity contribution in [1.29, 1.82) is 0 Å². The van der Waals surface area contributed by atoms with E-state index in [9.17, 15) is 13.2 Å². The van der Waals surface area contributed by atoms with E-state index in [1.54, 1.807) is 12.1 Å². The highest BCUT2D eigenvalue weighted by molar-refractivity contribution is 7.86. The molecule has 0 aliphatic heterocycles. The Morgan fingerprint density at radius 2 is 1.95 bits per heavy atom. The number of carbonyl (C=O) groups excluding carboxylic acids is 1. The van der Waals surface area contributed by atoms with Gasteiger partial charge in [-0.05, 0) is 19.1 Å². The fourth-order valence-electron chi connectivity index (χ4n) is 1.44. The van der Waals surface area contributed by atoms with E-state index in [1.165, 1.54) is 12.1 Å². The van der Waals surface area contributed by atoms with Crippen molar-refractivity contribution in [1.82, 2.24) is 0 Å². The van der Waals surface area contributed by atoms with Crippen LogP contribution in [0.5, 0.6) is 0 Å². The summed E-state index contributed by atoms with van der Waals surface area (Å²) in [6, 6.07) is 6.23. The first-order valence-electron chi connectivity index (χ1n) is 6.22. The molecule has 0 bridgehead atoms. The van der Waals surface area contributed by atoms with Crippen LogP contribution in [0.1, 0.15) is 25.3 Å². The molecule has 0 radical (unpaired) electrons. The van der Waals surface area contributed by atoms with E-state index in [0.717, 1.165) is 11.6 Å². The summed E-state index contributed by atoms with van der Waals surface area (Å²) in [6.45, 7) is 6.94. The van der Waals surface area contributed by atoms with Gasteiger partial charge in [-0.25, -0.2) is 8.98 Å². The summed E-state index contributed by atoms with van der Waals surface area (Å²) in [6.07, 6.45) is 0.713. The van der Waals surface area contributed by atoms with Gasteiger partial charge in [-0.15, -0.1) is 0 Å². The highest BCUT2D eigenvalue weighted by atomic mass is 32.2. The van der Waals surface area contributed by atoms with Crippen LogP contribution < -0.4 is 0 Å². The summed E-state index contributed by atoms with van der Waals surface area (Å²) in [5, 5.41) is 0. The number of ether oxygens (including phenoxy) is 1. The summed E-state index contributed by atoms with van der Waals surface area (Å²) in [5.41, 5.74) is 0.937. The summed E-state index contributed by atoms with van der Waals surface area (Å²) in [5.74, 6) is -0.720. The fourth-order valence-corrected chi connectivity index (χ4v) is 2.44.